The molecular formula is C42H46FN5O7. The number of aromatic nitrogens is 1. The highest BCUT2D eigenvalue weighted by molar-refractivity contribution is 5.93. The van der Waals surface area contributed by atoms with Gasteiger partial charge in [0.2, 0.25) is 11.5 Å². The van der Waals surface area contributed by atoms with Crippen molar-refractivity contribution in [2.45, 2.75) is 44.4 Å². The third-order valence-electron chi connectivity index (χ3n) is 9.98. The molecule has 0 spiro atoms. The van der Waals surface area contributed by atoms with Gasteiger partial charge < -0.3 is 39.8 Å². The average Bonchev–Trinajstić information content (AvgIpc) is 3.17. The third-order valence-corrected chi connectivity index (χ3v) is 9.98. The van der Waals surface area contributed by atoms with Gasteiger partial charge in [-0.2, -0.15) is 0 Å². The van der Waals surface area contributed by atoms with E-state index >= 15 is 4.39 Å². The average molecular weight is 752 g/mol. The quantitative estimate of drug-likeness (QED) is 0.0972. The number of piperidine rings is 1. The summed E-state index contributed by atoms with van der Waals surface area (Å²) in [6.45, 7) is 2.07. The number of benzene rings is 4. The van der Waals surface area contributed by atoms with Crippen LogP contribution < -0.4 is 31.4 Å². The highest BCUT2D eigenvalue weighted by Crippen LogP contribution is 2.32. The molecular weight excluding hydrogens is 705 g/mol. The number of carbonyl (C=O) groups excluding carboxylic acids is 2. The molecule has 1 fully saturated rings. The van der Waals surface area contributed by atoms with Crippen LogP contribution in [0.3, 0.4) is 0 Å². The number of halogens is 1. The second-order valence-corrected chi connectivity index (χ2v) is 14.5. The molecule has 1 aliphatic heterocycles. The summed E-state index contributed by atoms with van der Waals surface area (Å²) in [4.78, 5) is 40.2. The zero-order valence-electron chi connectivity index (χ0n) is 31.1. The minimum absolute atomic E-state index is 0.0349. The van der Waals surface area contributed by atoms with E-state index in [-0.39, 0.29) is 42.6 Å². The standard InChI is InChI=1S/C42H46FN5O7/c1-48(2)19-17-29(18-20-48)55-42(53)46-34-13-9-26(21-32(34)27-7-5-4-6-8-27)10-15-39(51)45-35-23-38(54-3)28(22-33(35)43)24-44-25-37(50)30-11-14-36(49)41-31(30)12-16-40(52)47-41/h4-9,11-14,16,21-23,29,37,44,50H,10,15,17-20,24-25H2,1-3H3,(H3-,45,46,47,49,51,52,53)/t37-/m0/s1. The number of aliphatic hydroxyl groups excluding tert-OH is 1. The fourth-order valence-corrected chi connectivity index (χ4v) is 6.85. The zero-order chi connectivity index (χ0) is 39.1. The number of methoxy groups -OCH3 is 1. The van der Waals surface area contributed by atoms with E-state index in [0.29, 0.717) is 34.4 Å². The van der Waals surface area contributed by atoms with Crippen molar-refractivity contribution in [3.63, 3.8) is 0 Å². The Morgan fingerprint density at radius 3 is 2.49 bits per heavy atom. The number of H-pyrrole nitrogens is 1. The molecule has 6 rings (SSSR count). The van der Waals surface area contributed by atoms with E-state index in [4.69, 9.17) is 9.47 Å². The molecule has 2 heterocycles. The number of quaternary nitrogens is 1. The Bertz CT molecular complexity index is 2220. The number of likely N-dealkylation sites (tertiary alicyclic amines) is 1. The van der Waals surface area contributed by atoms with Crippen molar-refractivity contribution in [3.8, 4) is 22.6 Å². The monoisotopic (exact) mass is 751 g/mol. The molecule has 1 saturated heterocycles. The molecule has 0 radical (unpaired) electrons. The van der Waals surface area contributed by atoms with Gasteiger partial charge in [0.15, 0.2) is 0 Å². The summed E-state index contributed by atoms with van der Waals surface area (Å²) < 4.78 is 27.5. The normalized spacial score (nSPS) is 14.6. The largest absolute Gasteiger partial charge is 0.871 e. The second-order valence-electron chi connectivity index (χ2n) is 14.5. The molecule has 2 amide bonds. The number of pyridine rings is 1. The van der Waals surface area contributed by atoms with E-state index in [0.717, 1.165) is 47.1 Å². The number of hydrogen-bond acceptors (Lipinski definition) is 8. The number of rotatable bonds is 13. The molecule has 288 valence electrons. The minimum Gasteiger partial charge on any atom is -0.871 e. The van der Waals surface area contributed by atoms with Crippen molar-refractivity contribution in [2.75, 3.05) is 51.5 Å². The Hall–Kier alpha value is -5.76. The number of anilines is 2. The summed E-state index contributed by atoms with van der Waals surface area (Å²) in [5.74, 6) is -1.08. The molecule has 0 saturated carbocycles. The van der Waals surface area contributed by atoms with Crippen LogP contribution in [0.1, 0.15) is 42.1 Å². The molecule has 5 N–H and O–H groups in total. The molecule has 5 aromatic rings. The fraction of sp³-hybridized carbons (Fsp3) is 0.310. The molecule has 0 bridgehead atoms. The van der Waals surface area contributed by atoms with Crippen LogP contribution >= 0.6 is 0 Å². The van der Waals surface area contributed by atoms with Crippen LogP contribution in [0, 0.1) is 5.82 Å². The number of aliphatic hydroxyl groups is 1. The van der Waals surface area contributed by atoms with Crippen molar-refractivity contribution < 1.29 is 38.1 Å². The maximum absolute atomic E-state index is 15.3. The lowest BCUT2D eigenvalue weighted by atomic mass is 9.98. The summed E-state index contributed by atoms with van der Waals surface area (Å²) in [7, 11) is 5.78. The number of aryl methyl sites for hydroxylation is 1. The molecule has 13 heteroatoms. The van der Waals surface area contributed by atoms with Gasteiger partial charge in [0.05, 0.1) is 51.8 Å². The smallest absolute Gasteiger partial charge is 0.411 e. The van der Waals surface area contributed by atoms with Gasteiger partial charge in [0.25, 0.3) is 0 Å². The Morgan fingerprint density at radius 1 is 0.982 bits per heavy atom. The van der Waals surface area contributed by atoms with Crippen molar-refractivity contribution >= 4 is 34.3 Å². The Morgan fingerprint density at radius 2 is 1.75 bits per heavy atom. The van der Waals surface area contributed by atoms with E-state index in [2.05, 4.69) is 35.0 Å². The van der Waals surface area contributed by atoms with Crippen LogP contribution in [-0.4, -0.2) is 73.5 Å². The summed E-state index contributed by atoms with van der Waals surface area (Å²) in [5, 5.41) is 32.2. The first-order valence-corrected chi connectivity index (χ1v) is 18.2. The van der Waals surface area contributed by atoms with E-state index in [1.54, 1.807) is 6.07 Å². The first-order valence-electron chi connectivity index (χ1n) is 18.2. The number of nitrogens with zero attached hydrogens (tertiary/aromatic N) is 1. The first kappa shape index (κ1) is 38.9. The second kappa shape index (κ2) is 17.1. The molecule has 0 aliphatic carbocycles. The summed E-state index contributed by atoms with van der Waals surface area (Å²) in [5.41, 5.74) is 3.71. The van der Waals surface area contributed by atoms with E-state index < -0.39 is 29.5 Å². The minimum atomic E-state index is -1.03. The van der Waals surface area contributed by atoms with Crippen LogP contribution in [0.4, 0.5) is 20.6 Å². The number of ether oxygens (including phenoxy) is 2. The number of fused-ring (bicyclic) bond motifs is 1. The van der Waals surface area contributed by atoms with E-state index in [9.17, 15) is 24.6 Å². The predicted molar refractivity (Wildman–Crippen MR) is 207 cm³/mol. The predicted octanol–water partition coefficient (Wildman–Crippen LogP) is 5.60. The van der Waals surface area contributed by atoms with Gasteiger partial charge in [-0.05, 0) is 47.4 Å². The van der Waals surface area contributed by atoms with Gasteiger partial charge in [0, 0.05) is 66.5 Å². The van der Waals surface area contributed by atoms with Gasteiger partial charge in [-0.15, -0.1) is 0 Å². The van der Waals surface area contributed by atoms with Crippen LogP contribution in [0.5, 0.6) is 11.5 Å². The lowest BCUT2D eigenvalue weighted by Gasteiger charge is -2.36. The first-order chi connectivity index (χ1) is 26.4. The maximum atomic E-state index is 15.3. The topological polar surface area (TPSA) is 165 Å². The molecule has 4 aromatic carbocycles. The van der Waals surface area contributed by atoms with Gasteiger partial charge in [-0.3, -0.25) is 14.9 Å². The van der Waals surface area contributed by atoms with Crippen LogP contribution in [-0.2, 0) is 22.5 Å². The van der Waals surface area contributed by atoms with Crippen LogP contribution in [0.2, 0.25) is 0 Å². The number of aromatic amines is 1. The Balaban J connectivity index is 1.06. The lowest BCUT2D eigenvalue weighted by Crippen LogP contribution is -2.48. The van der Waals surface area contributed by atoms with Crippen molar-refractivity contribution in [1.29, 1.82) is 0 Å². The summed E-state index contributed by atoms with van der Waals surface area (Å²) >= 11 is 0. The van der Waals surface area contributed by atoms with Gasteiger partial charge in [-0.1, -0.05) is 54.3 Å². The third kappa shape index (κ3) is 9.87. The number of carbonyl (C=O) groups is 2. The van der Waals surface area contributed by atoms with Gasteiger partial charge in [-0.25, -0.2) is 9.18 Å². The van der Waals surface area contributed by atoms with E-state index in [1.807, 2.05) is 42.5 Å². The van der Waals surface area contributed by atoms with Crippen LogP contribution in [0.25, 0.3) is 22.0 Å². The number of nitrogens with one attached hydrogen (secondary N) is 4. The molecule has 1 aliphatic rings. The highest BCUT2D eigenvalue weighted by Gasteiger charge is 2.28. The van der Waals surface area contributed by atoms with Crippen molar-refractivity contribution in [1.82, 2.24) is 10.3 Å². The van der Waals surface area contributed by atoms with Gasteiger partial charge >= 0.3 is 6.09 Å². The van der Waals surface area contributed by atoms with Crippen molar-refractivity contribution in [3.05, 3.63) is 118 Å². The van der Waals surface area contributed by atoms with Crippen molar-refractivity contribution in [2.24, 2.45) is 0 Å². The fourth-order valence-electron chi connectivity index (χ4n) is 6.85. The van der Waals surface area contributed by atoms with Crippen LogP contribution in [0.15, 0.2) is 89.7 Å². The van der Waals surface area contributed by atoms with E-state index in [1.165, 1.54) is 43.5 Å². The Kier molecular flexibility index (Phi) is 12.1. The molecule has 55 heavy (non-hydrogen) atoms. The number of amides is 2. The zero-order valence-corrected chi connectivity index (χ0v) is 31.1. The Labute approximate surface area is 318 Å². The molecule has 1 atom stereocenters. The summed E-state index contributed by atoms with van der Waals surface area (Å²) in [6.07, 6.45) is 0.377. The molecule has 12 nitrogen and oxygen atoms in total. The molecule has 0 unspecified atom stereocenters. The van der Waals surface area contributed by atoms with Gasteiger partial charge in [0.1, 0.15) is 17.7 Å². The maximum Gasteiger partial charge on any atom is 0.411 e. The molecule has 1 aromatic heterocycles. The highest BCUT2D eigenvalue weighted by atomic mass is 19.1. The lowest BCUT2D eigenvalue weighted by molar-refractivity contribution is -0.896. The number of hydrogen-bond donors (Lipinski definition) is 5. The summed E-state index contributed by atoms with van der Waals surface area (Å²) in [6, 6.07) is 23.5. The SMILES string of the molecule is COc1cc(NC(=O)CCc2ccc(NC(=O)OC3CC[N+](C)(C)CC3)c(-c3ccccc3)c2)c(F)cc1CNC[C@H](O)c1ccc([O-])c2[nH]c(=O)ccc12.